The van der Waals surface area contributed by atoms with Crippen molar-refractivity contribution in [2.24, 2.45) is 11.8 Å². The molecule has 0 aromatic rings. The number of esters is 1. The standard InChI is InChI=1S/C31H53N5O8/c1-10-18(3)24-29(41)35(9)25(19(4)11-2)30(42)34(8)20(5)26(38)32-15-14-23(37)44-22(17-31(6,7)43)28(40)36-16-12-13-21(36)27(39)33-24/h18-22,24-25,43H,10-17H2,1-9H3,(H,32,38)(H,33,39)/t18-,19?,20-,21-,22+,24-,25-/m0/s1. The van der Waals surface area contributed by atoms with Crippen LogP contribution in [0, 0.1) is 11.8 Å². The summed E-state index contributed by atoms with van der Waals surface area (Å²) in [6.07, 6.45) is 0.200. The molecule has 3 N–H and O–H groups in total. The molecular weight excluding hydrogens is 570 g/mol. The minimum absolute atomic E-state index is 0.105. The van der Waals surface area contributed by atoms with Crippen LogP contribution in [-0.2, 0) is 33.5 Å². The smallest absolute Gasteiger partial charge is 0.308 e. The number of cyclic esters (lactones) is 1. The summed E-state index contributed by atoms with van der Waals surface area (Å²) in [5.74, 6) is -3.82. The first-order valence-electron chi connectivity index (χ1n) is 15.8. The predicted octanol–water partition coefficient (Wildman–Crippen LogP) is 0.821. The molecule has 13 nitrogen and oxygen atoms in total. The predicted molar refractivity (Wildman–Crippen MR) is 163 cm³/mol. The van der Waals surface area contributed by atoms with Gasteiger partial charge in [-0.3, -0.25) is 28.8 Å². The lowest BCUT2D eigenvalue weighted by Crippen LogP contribution is -2.61. The molecule has 13 heteroatoms. The summed E-state index contributed by atoms with van der Waals surface area (Å²) in [5, 5.41) is 16.0. The van der Waals surface area contributed by atoms with Crippen molar-refractivity contribution in [3.05, 3.63) is 0 Å². The van der Waals surface area contributed by atoms with Gasteiger partial charge in [0.15, 0.2) is 6.10 Å². The average molecular weight is 624 g/mol. The van der Waals surface area contributed by atoms with Gasteiger partial charge < -0.3 is 35.2 Å². The Kier molecular flexibility index (Phi) is 13.2. The highest BCUT2D eigenvalue weighted by molar-refractivity contribution is 5.96. The van der Waals surface area contributed by atoms with Gasteiger partial charge in [0.25, 0.3) is 5.91 Å². The second-order valence-electron chi connectivity index (χ2n) is 13.0. The number of carbonyl (C=O) groups is 6. The van der Waals surface area contributed by atoms with Crippen LogP contribution in [0.25, 0.3) is 0 Å². The Morgan fingerprint density at radius 3 is 2.11 bits per heavy atom. The van der Waals surface area contributed by atoms with E-state index in [1.54, 1.807) is 6.92 Å². The van der Waals surface area contributed by atoms with Crippen LogP contribution in [0.3, 0.4) is 0 Å². The van der Waals surface area contributed by atoms with Crippen LogP contribution in [0.15, 0.2) is 0 Å². The lowest BCUT2D eigenvalue weighted by atomic mass is 9.92. The van der Waals surface area contributed by atoms with Crippen molar-refractivity contribution in [2.75, 3.05) is 27.2 Å². The topological polar surface area (TPSA) is 166 Å². The van der Waals surface area contributed by atoms with E-state index >= 15 is 0 Å². The monoisotopic (exact) mass is 623 g/mol. The molecule has 2 saturated heterocycles. The summed E-state index contributed by atoms with van der Waals surface area (Å²) >= 11 is 0. The quantitative estimate of drug-likeness (QED) is 0.366. The first-order valence-corrected chi connectivity index (χ1v) is 15.8. The molecule has 0 aromatic heterocycles. The number of carbonyl (C=O) groups excluding carboxylic acids is 6. The van der Waals surface area contributed by atoms with E-state index in [-0.39, 0.29) is 37.8 Å². The summed E-state index contributed by atoms with van der Waals surface area (Å²) < 4.78 is 5.51. The van der Waals surface area contributed by atoms with Gasteiger partial charge >= 0.3 is 5.97 Å². The Bertz CT molecular complexity index is 1080. The summed E-state index contributed by atoms with van der Waals surface area (Å²) in [6.45, 7) is 12.2. The normalized spacial score (nSPS) is 28.8. The second kappa shape index (κ2) is 15.7. The zero-order valence-corrected chi connectivity index (χ0v) is 27.8. The van der Waals surface area contributed by atoms with Crippen LogP contribution in [0.1, 0.15) is 87.0 Å². The number of hydrogen-bond donors (Lipinski definition) is 3. The van der Waals surface area contributed by atoms with Crippen molar-refractivity contribution < 1.29 is 38.6 Å². The SMILES string of the molecule is CCC(C)[C@H]1C(=O)N(C)[C@@H](C)C(=O)NCCC(=O)O[C@H](CC(C)(C)O)C(=O)N2CCC[C@H]2C(=O)N[C@@H]([C@@H](C)CC)C(=O)N1C. The molecule has 2 fully saturated rings. The molecule has 2 aliphatic rings. The Morgan fingerprint density at radius 1 is 0.932 bits per heavy atom. The summed E-state index contributed by atoms with van der Waals surface area (Å²) in [5.41, 5.74) is -1.36. The van der Waals surface area contributed by atoms with Crippen LogP contribution < -0.4 is 10.6 Å². The van der Waals surface area contributed by atoms with Gasteiger partial charge in [-0.2, -0.15) is 0 Å². The molecule has 0 radical (unpaired) electrons. The highest BCUT2D eigenvalue weighted by Gasteiger charge is 2.43. The van der Waals surface area contributed by atoms with Crippen LogP contribution >= 0.6 is 0 Å². The second-order valence-corrected chi connectivity index (χ2v) is 13.0. The molecule has 0 aliphatic carbocycles. The lowest BCUT2D eigenvalue weighted by molar-refractivity contribution is -0.164. The van der Waals surface area contributed by atoms with Gasteiger partial charge in [0, 0.05) is 33.6 Å². The molecule has 2 heterocycles. The molecule has 1 unspecified atom stereocenters. The Morgan fingerprint density at radius 2 is 1.55 bits per heavy atom. The van der Waals surface area contributed by atoms with Crippen LogP contribution in [0.5, 0.6) is 0 Å². The number of rotatable bonds is 6. The molecule has 2 aliphatic heterocycles. The molecule has 0 bridgehead atoms. The fourth-order valence-electron chi connectivity index (χ4n) is 5.65. The molecule has 0 aromatic carbocycles. The van der Waals surface area contributed by atoms with Crippen LogP contribution in [0.2, 0.25) is 0 Å². The third-order valence-electron chi connectivity index (χ3n) is 8.99. The molecule has 2 rings (SSSR count). The fraction of sp³-hybridized carbons (Fsp3) is 0.806. The zero-order chi connectivity index (χ0) is 33.5. The lowest BCUT2D eigenvalue weighted by Gasteiger charge is -2.38. The van der Waals surface area contributed by atoms with Gasteiger partial charge in [-0.15, -0.1) is 0 Å². The van der Waals surface area contributed by atoms with Gasteiger partial charge in [0.2, 0.25) is 23.6 Å². The van der Waals surface area contributed by atoms with Crippen molar-refractivity contribution in [1.82, 2.24) is 25.3 Å². The van der Waals surface area contributed by atoms with Gasteiger partial charge in [0.1, 0.15) is 24.2 Å². The fourth-order valence-corrected chi connectivity index (χ4v) is 5.65. The van der Waals surface area contributed by atoms with Crippen molar-refractivity contribution in [3.8, 4) is 0 Å². The Balaban J connectivity index is 2.58. The van der Waals surface area contributed by atoms with E-state index in [0.29, 0.717) is 25.7 Å². The van der Waals surface area contributed by atoms with E-state index in [0.717, 1.165) is 0 Å². The minimum atomic E-state index is -1.36. The molecule has 7 atom stereocenters. The minimum Gasteiger partial charge on any atom is -0.452 e. The molecule has 0 saturated carbocycles. The van der Waals surface area contributed by atoms with Gasteiger partial charge in [-0.25, -0.2) is 0 Å². The Labute approximate surface area is 261 Å². The van der Waals surface area contributed by atoms with Gasteiger partial charge in [-0.1, -0.05) is 40.5 Å². The maximum Gasteiger partial charge on any atom is 0.308 e. The van der Waals surface area contributed by atoms with E-state index in [4.69, 9.17) is 4.74 Å². The van der Waals surface area contributed by atoms with Crippen LogP contribution in [0.4, 0.5) is 0 Å². The van der Waals surface area contributed by atoms with Crippen molar-refractivity contribution in [2.45, 2.75) is 123 Å². The zero-order valence-electron chi connectivity index (χ0n) is 27.8. The highest BCUT2D eigenvalue weighted by Crippen LogP contribution is 2.25. The van der Waals surface area contributed by atoms with Gasteiger partial charge in [-0.05, 0) is 45.4 Å². The van der Waals surface area contributed by atoms with E-state index in [9.17, 15) is 33.9 Å². The van der Waals surface area contributed by atoms with Crippen molar-refractivity contribution in [1.29, 1.82) is 0 Å². The number of nitrogens with one attached hydrogen (secondary N) is 2. The Hall–Kier alpha value is -3.22. The van der Waals surface area contributed by atoms with Crippen LogP contribution in [-0.4, -0.2) is 118 Å². The maximum atomic E-state index is 14.1. The third kappa shape index (κ3) is 9.15. The first-order chi connectivity index (χ1) is 20.4. The molecular formula is C31H53N5O8. The number of likely N-dealkylation sites (N-methyl/N-ethyl adjacent to an activating group) is 2. The third-order valence-corrected chi connectivity index (χ3v) is 8.99. The molecule has 44 heavy (non-hydrogen) atoms. The van der Waals surface area contributed by atoms with E-state index in [1.807, 2.05) is 27.7 Å². The highest BCUT2D eigenvalue weighted by atomic mass is 16.5. The van der Waals surface area contributed by atoms with E-state index < -0.39 is 71.4 Å². The first kappa shape index (κ1) is 37.0. The summed E-state index contributed by atoms with van der Waals surface area (Å²) in [6, 6.07) is -3.71. The van der Waals surface area contributed by atoms with E-state index in [1.165, 1.54) is 42.6 Å². The number of fused-ring (bicyclic) bond motifs is 1. The number of ether oxygens (including phenoxy) is 1. The summed E-state index contributed by atoms with van der Waals surface area (Å²) in [4.78, 5) is 85.1. The number of nitrogens with zero attached hydrogens (tertiary/aromatic N) is 3. The number of aliphatic hydroxyl groups is 1. The number of amides is 5. The van der Waals surface area contributed by atoms with Gasteiger partial charge in [0.05, 0.1) is 12.0 Å². The van der Waals surface area contributed by atoms with Crippen molar-refractivity contribution >= 4 is 35.5 Å². The van der Waals surface area contributed by atoms with Crippen molar-refractivity contribution in [3.63, 3.8) is 0 Å². The molecule has 250 valence electrons. The average Bonchev–Trinajstić information content (AvgIpc) is 3.46. The van der Waals surface area contributed by atoms with E-state index in [2.05, 4.69) is 10.6 Å². The largest absolute Gasteiger partial charge is 0.452 e. The maximum absolute atomic E-state index is 14.1. The number of hydrogen-bond acceptors (Lipinski definition) is 8. The molecule has 5 amide bonds. The molecule has 0 spiro atoms. The summed E-state index contributed by atoms with van der Waals surface area (Å²) in [7, 11) is 3.03.